The molecule has 0 aliphatic rings. The first kappa shape index (κ1) is 26.9. The third-order valence-electron chi connectivity index (χ3n) is 5.92. The number of carbonyl (C=O) groups excluding carboxylic acids is 1. The minimum atomic E-state index is -0.0399. The number of carbonyl (C=O) groups is 1. The second-order valence-electron chi connectivity index (χ2n) is 8.92. The fourth-order valence-electron chi connectivity index (χ4n) is 3.96. The maximum absolute atomic E-state index is 13.0. The van der Waals surface area contributed by atoms with Crippen LogP contribution >= 0.6 is 0 Å². The zero-order chi connectivity index (χ0) is 25.9. The molecule has 0 aromatic heterocycles. The number of nitrogens with zero attached hydrogens (tertiary/aromatic N) is 1. The van der Waals surface area contributed by atoms with Crippen LogP contribution in [-0.4, -0.2) is 36.2 Å². The van der Waals surface area contributed by atoms with Crippen LogP contribution in [0, 0.1) is 0 Å². The second kappa shape index (κ2) is 13.4. The van der Waals surface area contributed by atoms with Crippen LogP contribution in [0.4, 0.5) is 0 Å². The fraction of sp³-hybridized carbons (Fsp3) is 0.323. The molecule has 0 spiro atoms. The zero-order valence-corrected chi connectivity index (χ0v) is 21.6. The number of aryl methyl sites for hydroxylation is 1. The highest BCUT2D eigenvalue weighted by Crippen LogP contribution is 2.32. The number of aliphatic hydroxyl groups excluding tert-OH is 1. The smallest absolute Gasteiger partial charge is 0.253 e. The van der Waals surface area contributed by atoms with Crippen LogP contribution in [-0.2, 0) is 13.0 Å². The molecule has 0 heterocycles. The van der Waals surface area contributed by atoms with Crippen molar-refractivity contribution in [2.75, 3.05) is 20.3 Å². The van der Waals surface area contributed by atoms with Gasteiger partial charge in [-0.1, -0.05) is 50.3 Å². The molecule has 0 fully saturated rings. The highest BCUT2D eigenvalue weighted by atomic mass is 16.5. The molecule has 3 aromatic rings. The van der Waals surface area contributed by atoms with E-state index >= 15 is 0 Å². The molecule has 0 unspecified atom stereocenters. The summed E-state index contributed by atoms with van der Waals surface area (Å²) in [5.41, 5.74) is 4.82. The van der Waals surface area contributed by atoms with E-state index in [9.17, 15) is 9.90 Å². The van der Waals surface area contributed by atoms with Gasteiger partial charge in [-0.2, -0.15) is 0 Å². The van der Waals surface area contributed by atoms with E-state index in [1.165, 1.54) is 0 Å². The summed E-state index contributed by atoms with van der Waals surface area (Å²) in [5.74, 6) is 1.74. The van der Waals surface area contributed by atoms with Crippen LogP contribution in [0.1, 0.15) is 54.6 Å². The van der Waals surface area contributed by atoms with Crippen molar-refractivity contribution < 1.29 is 19.4 Å². The van der Waals surface area contributed by atoms with Gasteiger partial charge >= 0.3 is 0 Å². The highest BCUT2D eigenvalue weighted by molar-refractivity contribution is 5.94. The number of hydrogen-bond donors (Lipinski definition) is 1. The first-order valence-electron chi connectivity index (χ1n) is 12.6. The third-order valence-corrected chi connectivity index (χ3v) is 5.92. The van der Waals surface area contributed by atoms with Crippen LogP contribution in [0.5, 0.6) is 11.5 Å². The topological polar surface area (TPSA) is 59.0 Å². The van der Waals surface area contributed by atoms with Crippen molar-refractivity contribution in [3.8, 4) is 22.6 Å². The van der Waals surface area contributed by atoms with Crippen molar-refractivity contribution >= 4 is 5.91 Å². The number of unbranched alkanes of at least 4 members (excludes halogenated alkanes) is 1. The lowest BCUT2D eigenvalue weighted by Crippen LogP contribution is -2.26. The summed E-state index contributed by atoms with van der Waals surface area (Å²) in [6.45, 7) is 9.39. The minimum absolute atomic E-state index is 0.0399. The van der Waals surface area contributed by atoms with E-state index in [0.717, 1.165) is 46.6 Å². The molecule has 1 amide bonds. The fourth-order valence-corrected chi connectivity index (χ4v) is 3.96. The van der Waals surface area contributed by atoms with Crippen molar-refractivity contribution in [3.05, 3.63) is 95.8 Å². The molecule has 36 heavy (non-hydrogen) atoms. The SMILES string of the molecule is C=C(O)CCc1ccc(-c2cccc(CN(C)C(=O)c3ccc(OCC)cc3)c2)c(OCCCC)c1. The minimum Gasteiger partial charge on any atom is -0.513 e. The Balaban J connectivity index is 1.78. The Hall–Kier alpha value is -3.73. The number of allylic oxidation sites excluding steroid dienone is 1. The van der Waals surface area contributed by atoms with Crippen molar-refractivity contribution in [2.24, 2.45) is 0 Å². The van der Waals surface area contributed by atoms with Crippen molar-refractivity contribution in [2.45, 2.75) is 46.1 Å². The van der Waals surface area contributed by atoms with Gasteiger partial charge < -0.3 is 19.5 Å². The summed E-state index contributed by atoms with van der Waals surface area (Å²) in [7, 11) is 1.81. The van der Waals surface area contributed by atoms with Crippen molar-refractivity contribution in [3.63, 3.8) is 0 Å². The summed E-state index contributed by atoms with van der Waals surface area (Å²) in [6.07, 6.45) is 3.27. The average Bonchev–Trinajstić information content (AvgIpc) is 2.88. The normalized spacial score (nSPS) is 10.6. The van der Waals surface area contributed by atoms with E-state index in [4.69, 9.17) is 9.47 Å². The van der Waals surface area contributed by atoms with Gasteiger partial charge in [-0.25, -0.2) is 0 Å². The van der Waals surface area contributed by atoms with Gasteiger partial charge in [-0.05, 0) is 72.9 Å². The number of ether oxygens (including phenoxy) is 2. The molecule has 0 radical (unpaired) electrons. The lowest BCUT2D eigenvalue weighted by atomic mass is 9.98. The predicted molar refractivity (Wildman–Crippen MR) is 146 cm³/mol. The quantitative estimate of drug-likeness (QED) is 0.204. The summed E-state index contributed by atoms with van der Waals surface area (Å²) < 4.78 is 11.6. The molecule has 1 N–H and O–H groups in total. The van der Waals surface area contributed by atoms with Crippen molar-refractivity contribution in [1.82, 2.24) is 4.90 Å². The monoisotopic (exact) mass is 487 g/mol. The van der Waals surface area contributed by atoms with E-state index in [1.807, 2.05) is 38.2 Å². The van der Waals surface area contributed by atoms with E-state index < -0.39 is 0 Å². The van der Waals surface area contributed by atoms with Gasteiger partial charge in [0, 0.05) is 31.1 Å². The number of amides is 1. The number of benzene rings is 3. The van der Waals surface area contributed by atoms with Gasteiger partial charge in [-0.15, -0.1) is 0 Å². The van der Waals surface area contributed by atoms with Crippen molar-refractivity contribution in [1.29, 1.82) is 0 Å². The summed E-state index contributed by atoms with van der Waals surface area (Å²) >= 11 is 0. The molecule has 0 aliphatic carbocycles. The molecule has 3 aromatic carbocycles. The van der Waals surface area contributed by atoms with E-state index in [2.05, 4.69) is 43.8 Å². The Kier molecular flexibility index (Phi) is 9.99. The Morgan fingerprint density at radius 1 is 0.972 bits per heavy atom. The predicted octanol–water partition coefficient (Wildman–Crippen LogP) is 7.21. The van der Waals surface area contributed by atoms with Gasteiger partial charge in [0.25, 0.3) is 5.91 Å². The maximum atomic E-state index is 13.0. The van der Waals surface area contributed by atoms with Crippen LogP contribution in [0.15, 0.2) is 79.1 Å². The van der Waals surface area contributed by atoms with E-state index in [0.29, 0.717) is 38.2 Å². The largest absolute Gasteiger partial charge is 0.513 e. The Labute approximate surface area is 215 Å². The van der Waals surface area contributed by atoms with Crippen LogP contribution in [0.3, 0.4) is 0 Å². The second-order valence-corrected chi connectivity index (χ2v) is 8.92. The highest BCUT2D eigenvalue weighted by Gasteiger charge is 2.14. The summed E-state index contributed by atoms with van der Waals surface area (Å²) in [6, 6.07) is 21.7. The third kappa shape index (κ3) is 7.64. The number of aliphatic hydroxyl groups is 1. The lowest BCUT2D eigenvalue weighted by molar-refractivity contribution is 0.0785. The molecule has 0 atom stereocenters. The molecule has 0 saturated carbocycles. The van der Waals surface area contributed by atoms with Crippen LogP contribution in [0.2, 0.25) is 0 Å². The summed E-state index contributed by atoms with van der Waals surface area (Å²) in [4.78, 5) is 14.7. The van der Waals surface area contributed by atoms with Gasteiger partial charge in [0.05, 0.1) is 19.0 Å². The summed E-state index contributed by atoms with van der Waals surface area (Å²) in [5, 5.41) is 9.48. The first-order chi connectivity index (χ1) is 17.4. The zero-order valence-electron chi connectivity index (χ0n) is 21.6. The molecule has 5 nitrogen and oxygen atoms in total. The van der Waals surface area contributed by atoms with Gasteiger partial charge in [0.15, 0.2) is 0 Å². The Morgan fingerprint density at radius 2 is 1.75 bits per heavy atom. The average molecular weight is 488 g/mol. The van der Waals surface area contributed by atoms with Crippen LogP contribution in [0.25, 0.3) is 11.1 Å². The van der Waals surface area contributed by atoms with Crippen LogP contribution < -0.4 is 9.47 Å². The van der Waals surface area contributed by atoms with Gasteiger partial charge in [0.1, 0.15) is 11.5 Å². The molecule has 5 heteroatoms. The van der Waals surface area contributed by atoms with Gasteiger partial charge in [0.2, 0.25) is 0 Å². The Bertz CT molecular complexity index is 1150. The molecular weight excluding hydrogens is 450 g/mol. The first-order valence-corrected chi connectivity index (χ1v) is 12.6. The standard InChI is InChI=1S/C31H37NO4/c1-5-7-19-36-30-21-24(12-11-23(3)33)13-18-29(30)27-10-8-9-25(20-27)22-32(4)31(34)26-14-16-28(17-15-26)35-6-2/h8-10,13-18,20-21,33H,3,5-7,11-12,19,22H2,1-2,4H3. The molecule has 190 valence electrons. The Morgan fingerprint density at radius 3 is 2.44 bits per heavy atom. The number of rotatable bonds is 13. The molecule has 0 saturated heterocycles. The molecule has 0 aliphatic heterocycles. The molecular formula is C31H37NO4. The maximum Gasteiger partial charge on any atom is 0.253 e. The van der Waals surface area contributed by atoms with E-state index in [1.54, 1.807) is 17.0 Å². The molecule has 3 rings (SSSR count). The number of hydrogen-bond acceptors (Lipinski definition) is 4. The van der Waals surface area contributed by atoms with E-state index in [-0.39, 0.29) is 11.7 Å². The lowest BCUT2D eigenvalue weighted by Gasteiger charge is -2.19. The van der Waals surface area contributed by atoms with Gasteiger partial charge in [-0.3, -0.25) is 4.79 Å². The molecule has 0 bridgehead atoms.